The van der Waals surface area contributed by atoms with Gasteiger partial charge in [-0.25, -0.2) is 0 Å². The fraction of sp³-hybridized carbons (Fsp3) is 0.500. The number of ether oxygens (including phenoxy) is 1. The summed E-state index contributed by atoms with van der Waals surface area (Å²) in [7, 11) is 0. The zero-order chi connectivity index (χ0) is 13.2. The summed E-state index contributed by atoms with van der Waals surface area (Å²) >= 11 is 3.21. The largest absolute Gasteiger partial charge is 0.573 e. The molecular weight excluding hydrogens is 311 g/mol. The van der Waals surface area contributed by atoms with Crippen molar-refractivity contribution in [3.05, 3.63) is 28.2 Å². The normalized spacial score (nSPS) is 20.8. The highest BCUT2D eigenvalue weighted by Gasteiger charge is 2.31. The van der Waals surface area contributed by atoms with Crippen LogP contribution in [0.25, 0.3) is 0 Å². The second-order valence-electron chi connectivity index (χ2n) is 4.27. The van der Waals surface area contributed by atoms with Crippen LogP contribution >= 0.6 is 15.9 Å². The molecule has 0 bridgehead atoms. The number of benzene rings is 1. The lowest BCUT2D eigenvalue weighted by atomic mass is 9.97. The summed E-state index contributed by atoms with van der Waals surface area (Å²) in [6, 6.07) is 4.69. The molecule has 100 valence electrons. The highest BCUT2D eigenvalue weighted by atomic mass is 79.9. The van der Waals surface area contributed by atoms with Crippen LogP contribution in [0.15, 0.2) is 22.7 Å². The first-order valence-electron chi connectivity index (χ1n) is 5.74. The first-order valence-corrected chi connectivity index (χ1v) is 6.53. The lowest BCUT2D eigenvalue weighted by molar-refractivity contribution is -0.274. The molecule has 0 spiro atoms. The van der Waals surface area contributed by atoms with E-state index in [4.69, 9.17) is 0 Å². The van der Waals surface area contributed by atoms with E-state index in [9.17, 15) is 13.2 Å². The van der Waals surface area contributed by atoms with Crippen molar-refractivity contribution in [2.45, 2.75) is 31.7 Å². The molecule has 1 atom stereocenters. The van der Waals surface area contributed by atoms with Gasteiger partial charge in [0.15, 0.2) is 0 Å². The maximum absolute atomic E-state index is 12.2. The Labute approximate surface area is 112 Å². The van der Waals surface area contributed by atoms with Crippen LogP contribution in [-0.4, -0.2) is 12.9 Å². The third kappa shape index (κ3) is 3.88. The Morgan fingerprint density at radius 3 is 2.61 bits per heavy atom. The molecule has 0 unspecified atom stereocenters. The molecule has 6 heteroatoms. The zero-order valence-electron chi connectivity index (χ0n) is 9.56. The van der Waals surface area contributed by atoms with Gasteiger partial charge in [0.05, 0.1) is 0 Å². The molecule has 1 aromatic rings. The molecule has 0 aliphatic carbocycles. The van der Waals surface area contributed by atoms with Crippen LogP contribution in [0.2, 0.25) is 0 Å². The summed E-state index contributed by atoms with van der Waals surface area (Å²) in [6.45, 7) is 0.895. The lowest BCUT2D eigenvalue weighted by Gasteiger charge is -2.24. The van der Waals surface area contributed by atoms with Crippen molar-refractivity contribution >= 4 is 15.9 Å². The number of hydrogen-bond donors (Lipinski definition) is 1. The minimum Gasteiger partial charge on any atom is -0.406 e. The summed E-state index contributed by atoms with van der Waals surface area (Å²) in [5, 5.41) is 3.30. The maximum Gasteiger partial charge on any atom is 0.573 e. The Balaban J connectivity index is 2.20. The molecule has 1 N–H and O–H groups in total. The number of rotatable bonds is 2. The highest BCUT2D eigenvalue weighted by molar-refractivity contribution is 9.10. The molecule has 1 saturated heterocycles. The number of piperidine rings is 1. The molecule has 1 fully saturated rings. The van der Waals surface area contributed by atoms with E-state index in [0.717, 1.165) is 31.4 Å². The van der Waals surface area contributed by atoms with Crippen molar-refractivity contribution in [2.24, 2.45) is 0 Å². The number of nitrogens with one attached hydrogen (secondary N) is 1. The van der Waals surface area contributed by atoms with Crippen LogP contribution in [0.3, 0.4) is 0 Å². The van der Waals surface area contributed by atoms with Crippen molar-refractivity contribution in [1.29, 1.82) is 0 Å². The summed E-state index contributed by atoms with van der Waals surface area (Å²) in [5.74, 6) is -0.181. The molecule has 2 rings (SSSR count). The van der Waals surface area contributed by atoms with Crippen LogP contribution in [-0.2, 0) is 0 Å². The summed E-state index contributed by atoms with van der Waals surface area (Å²) < 4.78 is 41.1. The Morgan fingerprint density at radius 1 is 1.22 bits per heavy atom. The van der Waals surface area contributed by atoms with Gasteiger partial charge in [0.1, 0.15) is 5.75 Å². The van der Waals surface area contributed by atoms with Crippen molar-refractivity contribution in [1.82, 2.24) is 5.32 Å². The van der Waals surface area contributed by atoms with E-state index in [-0.39, 0.29) is 11.8 Å². The molecule has 1 aromatic carbocycles. The molecule has 1 heterocycles. The van der Waals surface area contributed by atoms with E-state index in [1.807, 2.05) is 6.07 Å². The minimum absolute atomic E-state index is 0.104. The number of halogens is 4. The van der Waals surface area contributed by atoms with Crippen molar-refractivity contribution in [2.75, 3.05) is 6.54 Å². The number of hydrogen-bond acceptors (Lipinski definition) is 2. The smallest absolute Gasteiger partial charge is 0.406 e. The second kappa shape index (κ2) is 5.48. The molecular formula is C12H13BrF3NO. The summed E-state index contributed by atoms with van der Waals surface area (Å²) in [6.07, 6.45) is -1.53. The standard InChI is InChI=1S/C12H13BrF3NO/c13-9-5-8(11-3-1-2-4-17-11)6-10(7-9)18-12(14,15)16/h5-7,11,17H,1-4H2/t11-/m0/s1. The third-order valence-electron chi connectivity index (χ3n) is 2.84. The van der Waals surface area contributed by atoms with Gasteiger partial charge < -0.3 is 10.1 Å². The van der Waals surface area contributed by atoms with E-state index < -0.39 is 6.36 Å². The predicted molar refractivity (Wildman–Crippen MR) is 65.4 cm³/mol. The average molecular weight is 324 g/mol. The highest BCUT2D eigenvalue weighted by Crippen LogP contribution is 2.31. The molecule has 0 amide bonds. The monoisotopic (exact) mass is 323 g/mol. The molecule has 1 aliphatic heterocycles. The molecule has 2 nitrogen and oxygen atoms in total. The van der Waals surface area contributed by atoms with Crippen LogP contribution < -0.4 is 10.1 Å². The predicted octanol–water partition coefficient (Wildman–Crippen LogP) is 4.16. The minimum atomic E-state index is -4.65. The Morgan fingerprint density at radius 2 is 2.00 bits per heavy atom. The van der Waals surface area contributed by atoms with Crippen LogP contribution in [0.1, 0.15) is 30.9 Å². The quantitative estimate of drug-likeness (QED) is 0.882. The molecule has 0 aromatic heterocycles. The van der Waals surface area contributed by atoms with Gasteiger partial charge in [-0.3, -0.25) is 0 Å². The van der Waals surface area contributed by atoms with Crippen LogP contribution in [0, 0.1) is 0 Å². The van der Waals surface area contributed by atoms with Crippen molar-refractivity contribution in [3.63, 3.8) is 0 Å². The summed E-state index contributed by atoms with van der Waals surface area (Å²) in [4.78, 5) is 0. The van der Waals surface area contributed by atoms with Gasteiger partial charge in [-0.15, -0.1) is 13.2 Å². The zero-order valence-corrected chi connectivity index (χ0v) is 11.1. The van der Waals surface area contributed by atoms with E-state index in [1.165, 1.54) is 12.1 Å². The summed E-state index contributed by atoms with van der Waals surface area (Å²) in [5.41, 5.74) is 0.823. The fourth-order valence-electron chi connectivity index (χ4n) is 2.11. The number of alkyl halides is 3. The van der Waals surface area contributed by atoms with Gasteiger partial charge in [-0.05, 0) is 43.1 Å². The Bertz CT molecular complexity index is 416. The SMILES string of the molecule is FC(F)(F)Oc1cc(Br)cc([C@@H]2CCCCN2)c1. The van der Waals surface area contributed by atoms with E-state index in [0.29, 0.717) is 4.47 Å². The van der Waals surface area contributed by atoms with Gasteiger partial charge >= 0.3 is 6.36 Å². The Kier molecular flexibility index (Phi) is 4.17. The molecule has 1 aliphatic rings. The van der Waals surface area contributed by atoms with Gasteiger partial charge in [-0.2, -0.15) is 0 Å². The van der Waals surface area contributed by atoms with Crippen molar-refractivity contribution < 1.29 is 17.9 Å². The van der Waals surface area contributed by atoms with E-state index in [1.54, 1.807) is 0 Å². The first kappa shape index (κ1) is 13.7. The van der Waals surface area contributed by atoms with Crippen LogP contribution in [0.4, 0.5) is 13.2 Å². The topological polar surface area (TPSA) is 21.3 Å². The van der Waals surface area contributed by atoms with E-state index in [2.05, 4.69) is 26.0 Å². The second-order valence-corrected chi connectivity index (χ2v) is 5.19. The Hall–Kier alpha value is -0.750. The fourth-order valence-corrected chi connectivity index (χ4v) is 2.60. The molecule has 0 saturated carbocycles. The first-order chi connectivity index (χ1) is 8.44. The van der Waals surface area contributed by atoms with Crippen molar-refractivity contribution in [3.8, 4) is 5.75 Å². The third-order valence-corrected chi connectivity index (χ3v) is 3.30. The molecule has 0 radical (unpaired) electrons. The maximum atomic E-state index is 12.2. The lowest BCUT2D eigenvalue weighted by Crippen LogP contribution is -2.27. The van der Waals surface area contributed by atoms with Gasteiger partial charge in [0.25, 0.3) is 0 Å². The van der Waals surface area contributed by atoms with E-state index >= 15 is 0 Å². The molecule has 18 heavy (non-hydrogen) atoms. The van der Waals surface area contributed by atoms with Crippen LogP contribution in [0.5, 0.6) is 5.75 Å². The van der Waals surface area contributed by atoms with Gasteiger partial charge in [-0.1, -0.05) is 22.4 Å². The average Bonchev–Trinajstić information content (AvgIpc) is 2.27. The van der Waals surface area contributed by atoms with Gasteiger partial charge in [0.2, 0.25) is 0 Å². The van der Waals surface area contributed by atoms with Gasteiger partial charge in [0, 0.05) is 10.5 Å².